The van der Waals surface area contributed by atoms with Gasteiger partial charge in [0.1, 0.15) is 11.9 Å². The van der Waals surface area contributed by atoms with Crippen LogP contribution in [0.2, 0.25) is 0 Å². The van der Waals surface area contributed by atoms with Crippen LogP contribution < -0.4 is 10.2 Å². The standard InChI is InChI=1S/C24H26FN5O3/c1-15-16(3-2-6-26-15)13-28-7-9-29(10-8-28)21-12-17(25)11-18-19(21)14-30(24(18)33)20-4-5-22(31)27-23(20)32/h2-3,6,11-12,20H,4-5,7-10,13-14H2,1H3,(H,27,31,32). The first-order valence-electron chi connectivity index (χ1n) is 11.3. The maximum atomic E-state index is 14.5. The highest BCUT2D eigenvalue weighted by atomic mass is 19.1. The minimum absolute atomic E-state index is 0.191. The molecule has 0 saturated carbocycles. The van der Waals surface area contributed by atoms with Crippen molar-refractivity contribution in [3.63, 3.8) is 0 Å². The van der Waals surface area contributed by atoms with Gasteiger partial charge in [-0.2, -0.15) is 0 Å². The number of piperidine rings is 1. The normalized spacial score (nSPS) is 21.4. The van der Waals surface area contributed by atoms with Gasteiger partial charge < -0.3 is 9.80 Å². The van der Waals surface area contributed by atoms with Crippen LogP contribution in [0.25, 0.3) is 0 Å². The molecule has 0 bridgehead atoms. The van der Waals surface area contributed by atoms with Gasteiger partial charge in [0.25, 0.3) is 5.91 Å². The molecule has 0 spiro atoms. The van der Waals surface area contributed by atoms with E-state index < -0.39 is 17.8 Å². The molecule has 33 heavy (non-hydrogen) atoms. The van der Waals surface area contributed by atoms with Gasteiger partial charge in [0, 0.05) is 74.4 Å². The van der Waals surface area contributed by atoms with Crippen molar-refractivity contribution in [1.82, 2.24) is 20.1 Å². The molecule has 5 rings (SSSR count). The summed E-state index contributed by atoms with van der Waals surface area (Å²) in [5.41, 5.74) is 3.99. The second-order valence-electron chi connectivity index (χ2n) is 8.86. The van der Waals surface area contributed by atoms with Crippen LogP contribution in [0.5, 0.6) is 0 Å². The van der Waals surface area contributed by atoms with E-state index >= 15 is 0 Å². The molecule has 3 aliphatic rings. The number of pyridine rings is 1. The number of aryl methyl sites for hydroxylation is 1. The van der Waals surface area contributed by atoms with Crippen molar-refractivity contribution in [3.05, 3.63) is 58.7 Å². The molecule has 8 nitrogen and oxygen atoms in total. The summed E-state index contributed by atoms with van der Waals surface area (Å²) in [6.07, 6.45) is 2.27. The summed E-state index contributed by atoms with van der Waals surface area (Å²) in [7, 11) is 0. The Labute approximate surface area is 191 Å². The summed E-state index contributed by atoms with van der Waals surface area (Å²) in [4.78, 5) is 47.2. The van der Waals surface area contributed by atoms with Crippen LogP contribution >= 0.6 is 0 Å². The van der Waals surface area contributed by atoms with Gasteiger partial charge in [-0.3, -0.25) is 29.6 Å². The van der Waals surface area contributed by atoms with Crippen LogP contribution in [-0.2, 0) is 22.7 Å². The Balaban J connectivity index is 1.32. The molecule has 172 valence electrons. The molecule has 1 unspecified atom stereocenters. The molecule has 9 heteroatoms. The smallest absolute Gasteiger partial charge is 0.255 e. The summed E-state index contributed by atoms with van der Waals surface area (Å²) in [5, 5.41) is 2.31. The summed E-state index contributed by atoms with van der Waals surface area (Å²) >= 11 is 0. The zero-order valence-electron chi connectivity index (χ0n) is 18.5. The number of hydrogen-bond acceptors (Lipinski definition) is 6. The number of benzene rings is 1. The Kier molecular flexibility index (Phi) is 5.57. The lowest BCUT2D eigenvalue weighted by atomic mass is 10.0. The third-order valence-corrected chi connectivity index (χ3v) is 6.82. The van der Waals surface area contributed by atoms with Gasteiger partial charge in [-0.05, 0) is 37.1 Å². The third-order valence-electron chi connectivity index (χ3n) is 6.82. The van der Waals surface area contributed by atoms with Crippen molar-refractivity contribution in [2.75, 3.05) is 31.1 Å². The van der Waals surface area contributed by atoms with Crippen LogP contribution in [0.4, 0.5) is 10.1 Å². The minimum atomic E-state index is -0.710. The Morgan fingerprint density at radius 1 is 1.15 bits per heavy atom. The van der Waals surface area contributed by atoms with E-state index in [0.29, 0.717) is 24.3 Å². The summed E-state index contributed by atoms with van der Waals surface area (Å²) in [5.74, 6) is -1.61. The molecular formula is C24H26FN5O3. The Morgan fingerprint density at radius 3 is 2.67 bits per heavy atom. The van der Waals surface area contributed by atoms with Gasteiger partial charge in [-0.15, -0.1) is 0 Å². The molecule has 2 aromatic rings. The van der Waals surface area contributed by atoms with E-state index in [4.69, 9.17) is 0 Å². The SMILES string of the molecule is Cc1ncccc1CN1CCN(c2cc(F)cc3c2CN(C2CCC(=O)NC2=O)C3=O)CC1. The minimum Gasteiger partial charge on any atom is -0.369 e. The van der Waals surface area contributed by atoms with E-state index in [0.717, 1.165) is 30.9 Å². The lowest BCUT2D eigenvalue weighted by molar-refractivity contribution is -0.136. The number of rotatable bonds is 4. The van der Waals surface area contributed by atoms with Crippen LogP contribution in [0.15, 0.2) is 30.5 Å². The third kappa shape index (κ3) is 4.08. The average molecular weight is 452 g/mol. The number of imide groups is 1. The van der Waals surface area contributed by atoms with E-state index in [1.54, 1.807) is 6.20 Å². The maximum absolute atomic E-state index is 14.5. The van der Waals surface area contributed by atoms with Gasteiger partial charge in [-0.1, -0.05) is 6.07 Å². The molecule has 0 aliphatic carbocycles. The van der Waals surface area contributed by atoms with Crippen molar-refractivity contribution >= 4 is 23.4 Å². The van der Waals surface area contributed by atoms with Gasteiger partial charge in [-0.25, -0.2) is 4.39 Å². The average Bonchev–Trinajstić information content (AvgIpc) is 3.11. The quantitative estimate of drug-likeness (QED) is 0.711. The number of amides is 3. The number of nitrogens with zero attached hydrogens (tertiary/aromatic N) is 4. The van der Waals surface area contributed by atoms with Gasteiger partial charge in [0.2, 0.25) is 11.8 Å². The lowest BCUT2D eigenvalue weighted by Crippen LogP contribution is -2.52. The molecule has 0 radical (unpaired) electrons. The molecule has 1 N–H and O–H groups in total. The summed E-state index contributed by atoms with van der Waals surface area (Å²) < 4.78 is 14.5. The largest absolute Gasteiger partial charge is 0.369 e. The van der Waals surface area contributed by atoms with Gasteiger partial charge in [0.05, 0.1) is 0 Å². The second-order valence-corrected chi connectivity index (χ2v) is 8.86. The highest BCUT2D eigenvalue weighted by molar-refractivity contribution is 6.06. The van der Waals surface area contributed by atoms with E-state index in [2.05, 4.69) is 26.2 Å². The molecule has 4 heterocycles. The number of aromatic nitrogens is 1. The lowest BCUT2D eigenvalue weighted by Gasteiger charge is -2.37. The Hall–Kier alpha value is -3.33. The summed E-state index contributed by atoms with van der Waals surface area (Å²) in [6.45, 7) is 6.10. The predicted molar refractivity (Wildman–Crippen MR) is 119 cm³/mol. The molecular weight excluding hydrogens is 425 g/mol. The number of hydrogen-bond donors (Lipinski definition) is 1. The number of nitrogens with one attached hydrogen (secondary N) is 1. The van der Waals surface area contributed by atoms with Crippen molar-refractivity contribution < 1.29 is 18.8 Å². The maximum Gasteiger partial charge on any atom is 0.255 e. The topological polar surface area (TPSA) is 85.8 Å². The van der Waals surface area contributed by atoms with Crippen LogP contribution in [-0.4, -0.2) is 64.7 Å². The zero-order valence-corrected chi connectivity index (χ0v) is 18.5. The molecule has 1 aromatic carbocycles. The molecule has 1 atom stereocenters. The highest BCUT2D eigenvalue weighted by Gasteiger charge is 2.41. The van der Waals surface area contributed by atoms with Crippen LogP contribution in [0, 0.1) is 12.7 Å². The number of anilines is 1. The Bertz CT molecular complexity index is 1130. The Morgan fingerprint density at radius 2 is 1.94 bits per heavy atom. The number of piperazine rings is 1. The first-order valence-corrected chi connectivity index (χ1v) is 11.3. The number of fused-ring (bicyclic) bond motifs is 1. The number of halogens is 1. The fraction of sp³-hybridized carbons (Fsp3) is 0.417. The van der Waals surface area contributed by atoms with Gasteiger partial charge in [0.15, 0.2) is 0 Å². The van der Waals surface area contributed by atoms with Crippen molar-refractivity contribution in [1.29, 1.82) is 0 Å². The summed E-state index contributed by atoms with van der Waals surface area (Å²) in [6, 6.07) is 6.07. The molecule has 3 amide bonds. The van der Waals surface area contributed by atoms with Crippen molar-refractivity contribution in [3.8, 4) is 0 Å². The molecule has 3 aliphatic heterocycles. The van der Waals surface area contributed by atoms with E-state index in [1.165, 1.54) is 22.6 Å². The predicted octanol–water partition coefficient (Wildman–Crippen LogP) is 1.61. The van der Waals surface area contributed by atoms with Gasteiger partial charge >= 0.3 is 0 Å². The van der Waals surface area contributed by atoms with Crippen molar-refractivity contribution in [2.24, 2.45) is 0 Å². The first kappa shape index (κ1) is 21.5. The monoisotopic (exact) mass is 451 g/mol. The highest BCUT2D eigenvalue weighted by Crippen LogP contribution is 2.35. The second kappa shape index (κ2) is 8.55. The molecule has 2 fully saturated rings. The number of carbonyl (C=O) groups excluding carboxylic acids is 3. The zero-order chi connectivity index (χ0) is 23.1. The van der Waals surface area contributed by atoms with Crippen molar-refractivity contribution in [2.45, 2.75) is 38.9 Å². The van der Waals surface area contributed by atoms with Crippen LogP contribution in [0.3, 0.4) is 0 Å². The fourth-order valence-corrected chi connectivity index (χ4v) is 4.96. The van der Waals surface area contributed by atoms with E-state index in [-0.39, 0.29) is 31.2 Å². The van der Waals surface area contributed by atoms with E-state index in [9.17, 15) is 18.8 Å². The fourth-order valence-electron chi connectivity index (χ4n) is 4.96. The van der Waals surface area contributed by atoms with Crippen LogP contribution in [0.1, 0.15) is 40.0 Å². The number of carbonyl (C=O) groups is 3. The molecule has 1 aromatic heterocycles. The van der Waals surface area contributed by atoms with E-state index in [1.807, 2.05) is 13.0 Å². The molecule has 2 saturated heterocycles. The first-order chi connectivity index (χ1) is 15.9.